The number of hydrogen-bond acceptors (Lipinski definition) is 5. The summed E-state index contributed by atoms with van der Waals surface area (Å²) in [4.78, 5) is 1.36. The largest absolute Gasteiger partial charge is 0.496 e. The molecular formula is C18H28N5O2+. The van der Waals surface area contributed by atoms with Crippen LogP contribution in [0.25, 0.3) is 0 Å². The number of aromatic nitrogens is 4. The summed E-state index contributed by atoms with van der Waals surface area (Å²) >= 11 is 0. The van der Waals surface area contributed by atoms with Crippen LogP contribution in [0.15, 0.2) is 24.3 Å². The number of nitrogens with zero attached hydrogens (tertiary/aromatic N) is 4. The van der Waals surface area contributed by atoms with E-state index < -0.39 is 0 Å². The molecule has 1 aromatic heterocycles. The first-order valence-electron chi connectivity index (χ1n) is 8.86. The fourth-order valence-corrected chi connectivity index (χ4v) is 3.56. The highest BCUT2D eigenvalue weighted by Crippen LogP contribution is 2.29. The Morgan fingerprint density at radius 2 is 1.92 bits per heavy atom. The molecule has 0 aliphatic carbocycles. The quantitative estimate of drug-likeness (QED) is 0.846. The lowest BCUT2D eigenvalue weighted by Gasteiger charge is -2.34. The molecule has 0 spiro atoms. The van der Waals surface area contributed by atoms with Crippen molar-refractivity contribution in [3.05, 3.63) is 35.7 Å². The standard InChI is InChI=1S/C18H27N5O2/c1-18(2,3)23-17(19-20-21-23)16(22-11-9-13(24)10-12-22)14-7-5-6-8-15(14)25-4/h5-8,13,16,24H,9-12H2,1-4H3/p+1/t16-/m1/s1. The van der Waals surface area contributed by atoms with Crippen molar-refractivity contribution in [3.63, 3.8) is 0 Å². The number of aliphatic hydroxyl groups excluding tert-OH is 1. The molecule has 0 amide bonds. The number of hydrogen-bond donors (Lipinski definition) is 2. The molecule has 0 saturated carbocycles. The molecule has 0 unspecified atom stereocenters. The molecule has 1 fully saturated rings. The van der Waals surface area contributed by atoms with Gasteiger partial charge in [0.25, 0.3) is 0 Å². The van der Waals surface area contributed by atoms with Crippen LogP contribution >= 0.6 is 0 Å². The van der Waals surface area contributed by atoms with Crippen LogP contribution in [0, 0.1) is 0 Å². The zero-order valence-corrected chi connectivity index (χ0v) is 15.4. The van der Waals surface area contributed by atoms with E-state index in [2.05, 4.69) is 42.4 Å². The molecule has 136 valence electrons. The van der Waals surface area contributed by atoms with Gasteiger partial charge in [-0.2, -0.15) is 0 Å². The number of tetrazole rings is 1. The van der Waals surface area contributed by atoms with Gasteiger partial charge in [-0.15, -0.1) is 5.10 Å². The molecule has 1 atom stereocenters. The Labute approximate surface area is 148 Å². The van der Waals surface area contributed by atoms with E-state index in [1.54, 1.807) is 7.11 Å². The summed E-state index contributed by atoms with van der Waals surface area (Å²) in [6.45, 7) is 8.05. The first-order valence-corrected chi connectivity index (χ1v) is 8.86. The Balaban J connectivity index is 2.08. The van der Waals surface area contributed by atoms with E-state index in [9.17, 15) is 5.11 Å². The van der Waals surface area contributed by atoms with Crippen molar-refractivity contribution >= 4 is 0 Å². The molecule has 2 N–H and O–H groups in total. The van der Waals surface area contributed by atoms with Gasteiger partial charge < -0.3 is 14.7 Å². The second-order valence-corrected chi connectivity index (χ2v) is 7.68. The summed E-state index contributed by atoms with van der Waals surface area (Å²) in [5.41, 5.74) is 0.866. The SMILES string of the molecule is COc1ccccc1[C@H](c1nnnn1C(C)(C)C)[NH+]1CCC(O)CC1. The fraction of sp³-hybridized carbons (Fsp3) is 0.611. The van der Waals surface area contributed by atoms with Crippen molar-refractivity contribution in [2.75, 3.05) is 20.2 Å². The van der Waals surface area contributed by atoms with Crippen molar-refractivity contribution in [3.8, 4) is 5.75 Å². The second-order valence-electron chi connectivity index (χ2n) is 7.68. The number of rotatable bonds is 4. The van der Waals surface area contributed by atoms with Gasteiger partial charge in [0.05, 0.1) is 37.4 Å². The molecule has 25 heavy (non-hydrogen) atoms. The summed E-state index contributed by atoms with van der Waals surface area (Å²) in [6, 6.07) is 8.03. The highest BCUT2D eigenvalue weighted by molar-refractivity contribution is 5.37. The van der Waals surface area contributed by atoms with Crippen molar-refractivity contribution in [1.82, 2.24) is 20.2 Å². The van der Waals surface area contributed by atoms with Crippen LogP contribution in [0.5, 0.6) is 5.75 Å². The Hall–Kier alpha value is -1.99. The van der Waals surface area contributed by atoms with Gasteiger partial charge in [-0.1, -0.05) is 12.1 Å². The number of piperidine rings is 1. The number of likely N-dealkylation sites (tertiary alicyclic amines) is 1. The third-order valence-electron chi connectivity index (χ3n) is 4.84. The second kappa shape index (κ2) is 7.09. The normalized spacial score (nSPS) is 22.6. The summed E-state index contributed by atoms with van der Waals surface area (Å²) in [5, 5.41) is 22.5. The lowest BCUT2D eigenvalue weighted by molar-refractivity contribution is -0.932. The predicted molar refractivity (Wildman–Crippen MR) is 93.6 cm³/mol. The molecule has 3 rings (SSSR count). The van der Waals surface area contributed by atoms with E-state index in [0.29, 0.717) is 0 Å². The summed E-state index contributed by atoms with van der Waals surface area (Å²) in [5.74, 6) is 1.68. The molecule has 0 radical (unpaired) electrons. The molecular weight excluding hydrogens is 318 g/mol. The average Bonchev–Trinajstić information content (AvgIpc) is 3.07. The molecule has 1 aromatic carbocycles. The maximum absolute atomic E-state index is 9.91. The molecule has 1 aliphatic rings. The maximum atomic E-state index is 9.91. The van der Waals surface area contributed by atoms with Gasteiger partial charge >= 0.3 is 0 Å². The van der Waals surface area contributed by atoms with Crippen LogP contribution in [-0.4, -0.2) is 51.6 Å². The zero-order valence-electron chi connectivity index (χ0n) is 15.4. The molecule has 7 heteroatoms. The Kier molecular flexibility index (Phi) is 5.06. The van der Waals surface area contributed by atoms with Gasteiger partial charge in [0.15, 0.2) is 6.04 Å². The van der Waals surface area contributed by atoms with Gasteiger partial charge in [-0.05, 0) is 43.3 Å². The fourth-order valence-electron chi connectivity index (χ4n) is 3.56. The Morgan fingerprint density at radius 1 is 1.24 bits per heavy atom. The highest BCUT2D eigenvalue weighted by Gasteiger charge is 2.37. The summed E-state index contributed by atoms with van der Waals surface area (Å²) < 4.78 is 7.53. The van der Waals surface area contributed by atoms with Crippen molar-refractivity contribution in [2.45, 2.75) is 51.3 Å². The van der Waals surface area contributed by atoms with Gasteiger partial charge in [0.1, 0.15) is 5.75 Å². The van der Waals surface area contributed by atoms with E-state index in [0.717, 1.165) is 43.1 Å². The first kappa shape index (κ1) is 17.8. The van der Waals surface area contributed by atoms with E-state index in [4.69, 9.17) is 4.74 Å². The Morgan fingerprint density at radius 3 is 2.56 bits per heavy atom. The number of methoxy groups -OCH3 is 1. The van der Waals surface area contributed by atoms with Crippen LogP contribution in [0.3, 0.4) is 0 Å². The van der Waals surface area contributed by atoms with Gasteiger partial charge in [-0.3, -0.25) is 0 Å². The minimum atomic E-state index is -0.214. The van der Waals surface area contributed by atoms with Crippen molar-refractivity contribution in [1.29, 1.82) is 0 Å². The highest BCUT2D eigenvalue weighted by atomic mass is 16.5. The smallest absolute Gasteiger partial charge is 0.214 e. The number of para-hydroxylation sites is 1. The molecule has 0 bridgehead atoms. The van der Waals surface area contributed by atoms with E-state index in [-0.39, 0.29) is 17.7 Å². The predicted octanol–water partition coefficient (Wildman–Crippen LogP) is 0.566. The van der Waals surface area contributed by atoms with Crippen molar-refractivity contribution in [2.24, 2.45) is 0 Å². The number of benzene rings is 1. The number of ether oxygens (including phenoxy) is 1. The van der Waals surface area contributed by atoms with Gasteiger partial charge in [-0.25, -0.2) is 4.68 Å². The molecule has 7 nitrogen and oxygen atoms in total. The maximum Gasteiger partial charge on any atom is 0.214 e. The van der Waals surface area contributed by atoms with Crippen molar-refractivity contribution < 1.29 is 14.7 Å². The average molecular weight is 346 g/mol. The molecule has 2 heterocycles. The van der Waals surface area contributed by atoms with Crippen LogP contribution in [0.4, 0.5) is 0 Å². The lowest BCUT2D eigenvalue weighted by Crippen LogP contribution is -3.13. The number of aliphatic hydroxyl groups is 1. The Bertz CT molecular complexity index is 701. The number of quaternary nitrogens is 1. The molecule has 1 aliphatic heterocycles. The summed E-state index contributed by atoms with van der Waals surface area (Å²) in [6.07, 6.45) is 1.37. The van der Waals surface area contributed by atoms with E-state index in [1.165, 1.54) is 4.90 Å². The van der Waals surface area contributed by atoms with Gasteiger partial charge in [0.2, 0.25) is 5.82 Å². The third kappa shape index (κ3) is 3.67. The van der Waals surface area contributed by atoms with E-state index >= 15 is 0 Å². The van der Waals surface area contributed by atoms with Crippen LogP contribution in [0.2, 0.25) is 0 Å². The first-order chi connectivity index (χ1) is 11.9. The zero-order chi connectivity index (χ0) is 18.0. The van der Waals surface area contributed by atoms with Crippen LogP contribution in [0.1, 0.15) is 51.0 Å². The van der Waals surface area contributed by atoms with Gasteiger partial charge in [0, 0.05) is 12.8 Å². The van der Waals surface area contributed by atoms with E-state index in [1.807, 2.05) is 22.9 Å². The topological polar surface area (TPSA) is 77.5 Å². The minimum Gasteiger partial charge on any atom is -0.496 e. The minimum absolute atomic E-state index is 0.0297. The van der Waals surface area contributed by atoms with Crippen LogP contribution in [-0.2, 0) is 5.54 Å². The lowest BCUT2D eigenvalue weighted by atomic mass is 9.98. The van der Waals surface area contributed by atoms with Crippen LogP contribution < -0.4 is 9.64 Å². The molecule has 1 saturated heterocycles. The number of nitrogens with one attached hydrogen (secondary N) is 1. The summed E-state index contributed by atoms with van der Waals surface area (Å²) in [7, 11) is 1.69. The monoisotopic (exact) mass is 346 g/mol. The third-order valence-corrected chi connectivity index (χ3v) is 4.84. The molecule has 2 aromatic rings.